The van der Waals surface area contributed by atoms with Crippen molar-refractivity contribution < 1.29 is 52.7 Å². The van der Waals surface area contributed by atoms with Crippen LogP contribution in [-0.2, 0) is 22.4 Å². The summed E-state index contributed by atoms with van der Waals surface area (Å²) in [6.45, 7) is -0.641. The fraction of sp³-hybridized carbons (Fsp3) is 0.433. The van der Waals surface area contributed by atoms with Crippen LogP contribution in [-0.4, -0.2) is 51.3 Å². The minimum absolute atomic E-state index is 0.0398. The number of esters is 1. The Bertz CT molecular complexity index is 1270. The van der Waals surface area contributed by atoms with Gasteiger partial charge in [0.05, 0.1) is 17.8 Å². The average molecular weight is 610 g/mol. The maximum atomic E-state index is 12.9. The van der Waals surface area contributed by atoms with Crippen LogP contribution in [0.25, 0.3) is 0 Å². The van der Waals surface area contributed by atoms with Gasteiger partial charge in [0, 0.05) is 24.3 Å². The summed E-state index contributed by atoms with van der Waals surface area (Å²) >= 11 is 0. The largest absolute Gasteiger partial charge is 0.491 e. The van der Waals surface area contributed by atoms with Gasteiger partial charge in [0.25, 0.3) is 5.09 Å². The van der Waals surface area contributed by atoms with Crippen molar-refractivity contribution >= 4 is 5.97 Å². The minimum Gasteiger partial charge on any atom is -0.491 e. The van der Waals surface area contributed by atoms with E-state index in [2.05, 4.69) is 4.84 Å². The van der Waals surface area contributed by atoms with Crippen LogP contribution in [0.1, 0.15) is 43.2 Å². The zero-order valence-electron chi connectivity index (χ0n) is 23.1. The first-order chi connectivity index (χ1) is 20.4. The number of unbranched alkanes of at least 4 members (excludes halogenated alkanes) is 1. The topological polar surface area (TPSA) is 149 Å². The normalized spacial score (nSPS) is 21.3. The van der Waals surface area contributed by atoms with Crippen molar-refractivity contribution in [3.05, 3.63) is 94.1 Å². The van der Waals surface area contributed by atoms with E-state index in [0.717, 1.165) is 12.1 Å². The minimum atomic E-state index is -4.51. The lowest BCUT2D eigenvalue weighted by molar-refractivity contribution is -0.763. The summed E-state index contributed by atoms with van der Waals surface area (Å²) in [5.41, 5.74) is -0.498. The molecule has 3 rings (SSSR count). The molecule has 0 aromatic heterocycles. The van der Waals surface area contributed by atoms with E-state index in [9.17, 15) is 43.4 Å². The molecule has 234 valence electrons. The summed E-state index contributed by atoms with van der Waals surface area (Å²) in [4.78, 5) is 27.0. The van der Waals surface area contributed by atoms with Crippen molar-refractivity contribution in [3.8, 4) is 11.5 Å². The van der Waals surface area contributed by atoms with Gasteiger partial charge < -0.3 is 29.6 Å². The summed E-state index contributed by atoms with van der Waals surface area (Å²) in [5.74, 6) is -1.15. The molecule has 13 heteroatoms. The molecule has 10 nitrogen and oxygen atoms in total. The summed E-state index contributed by atoms with van der Waals surface area (Å²) in [6, 6.07) is 10.7. The van der Waals surface area contributed by atoms with E-state index >= 15 is 0 Å². The standard InChI is InChI=1S/C30H34F3NO9/c31-30(32,33)21-9-7-10-23(16-21)41-19-22(35)14-15-25-24(26(36)17-27(25)37)11-3-1-2-4-13-29(38)43-28-12-6-5-8-20(28)18-42-34(39)40/h1,3,5-10,12,14-16,22,24-27,35-37H,2,4,11,13,17-19H2/b3-1-,15-14+/t22-,24-,25-,26+,27-/m1/s1. The zero-order valence-corrected chi connectivity index (χ0v) is 23.1. The van der Waals surface area contributed by atoms with Crippen molar-refractivity contribution in [2.24, 2.45) is 11.8 Å². The van der Waals surface area contributed by atoms with Crippen LogP contribution in [0.4, 0.5) is 13.2 Å². The number of rotatable bonds is 15. The van der Waals surface area contributed by atoms with Crippen molar-refractivity contribution in [2.45, 2.75) is 63.2 Å². The zero-order chi connectivity index (χ0) is 31.4. The van der Waals surface area contributed by atoms with Gasteiger partial charge in [-0.3, -0.25) is 4.79 Å². The molecule has 3 N–H and O–H groups in total. The third-order valence-electron chi connectivity index (χ3n) is 6.90. The van der Waals surface area contributed by atoms with Crippen molar-refractivity contribution in [1.82, 2.24) is 0 Å². The number of aliphatic hydroxyl groups is 3. The Balaban J connectivity index is 1.42. The Hall–Kier alpha value is -3.94. The SMILES string of the molecule is O=C(CCC/C=C\C[C@@H]1[C@@H](/C=C/[C@@H](O)COc2cccc(C(F)(F)F)c2)[C@H](O)C[C@@H]1O)Oc1ccccc1CO[N+](=O)[O-]. The van der Waals surface area contributed by atoms with Crippen LogP contribution in [0.2, 0.25) is 0 Å². The predicted molar refractivity (Wildman–Crippen MR) is 147 cm³/mol. The number of halogens is 3. The highest BCUT2D eigenvalue weighted by atomic mass is 19.4. The number of hydrogen-bond donors (Lipinski definition) is 3. The number of ether oxygens (including phenoxy) is 2. The van der Waals surface area contributed by atoms with Gasteiger partial charge in [-0.25, -0.2) is 0 Å². The lowest BCUT2D eigenvalue weighted by Crippen LogP contribution is -2.21. The fourth-order valence-corrected chi connectivity index (χ4v) is 4.72. The van der Waals surface area contributed by atoms with Crippen LogP contribution in [0.15, 0.2) is 72.8 Å². The first-order valence-electron chi connectivity index (χ1n) is 13.7. The number of carbonyl (C=O) groups excluding carboxylic acids is 1. The van der Waals surface area contributed by atoms with E-state index in [1.165, 1.54) is 24.3 Å². The maximum Gasteiger partial charge on any atom is 0.416 e. The highest BCUT2D eigenvalue weighted by molar-refractivity contribution is 5.72. The third-order valence-corrected chi connectivity index (χ3v) is 6.90. The second-order valence-corrected chi connectivity index (χ2v) is 10.1. The number of alkyl halides is 3. The van der Waals surface area contributed by atoms with E-state index in [1.54, 1.807) is 24.3 Å². The molecule has 0 amide bonds. The van der Waals surface area contributed by atoms with Crippen LogP contribution in [0, 0.1) is 22.0 Å². The molecule has 0 aliphatic heterocycles. The van der Waals surface area contributed by atoms with Crippen molar-refractivity contribution in [2.75, 3.05) is 6.61 Å². The summed E-state index contributed by atoms with van der Waals surface area (Å²) in [7, 11) is 0. The second-order valence-electron chi connectivity index (χ2n) is 10.1. The van der Waals surface area contributed by atoms with Crippen LogP contribution < -0.4 is 9.47 Å². The predicted octanol–water partition coefficient (Wildman–Crippen LogP) is 4.79. The molecule has 1 fully saturated rings. The van der Waals surface area contributed by atoms with Gasteiger partial charge in [0.2, 0.25) is 0 Å². The number of nitrogens with zero attached hydrogens (tertiary/aromatic N) is 1. The van der Waals surface area contributed by atoms with Crippen LogP contribution in [0.3, 0.4) is 0 Å². The van der Waals surface area contributed by atoms with Gasteiger partial charge in [0.15, 0.2) is 0 Å². The monoisotopic (exact) mass is 609 g/mol. The Morgan fingerprint density at radius 3 is 2.63 bits per heavy atom. The Labute approximate surface area is 246 Å². The first kappa shape index (κ1) is 33.6. The maximum absolute atomic E-state index is 12.9. The summed E-state index contributed by atoms with van der Waals surface area (Å²) in [5, 5.41) is 40.6. The summed E-state index contributed by atoms with van der Waals surface area (Å²) in [6.07, 6.45) is 1.09. The van der Waals surface area contributed by atoms with E-state index < -0.39 is 47.0 Å². The highest BCUT2D eigenvalue weighted by Gasteiger charge is 2.39. The number of benzene rings is 2. The smallest absolute Gasteiger partial charge is 0.416 e. The van der Waals surface area contributed by atoms with E-state index in [1.807, 2.05) is 12.2 Å². The molecule has 2 aromatic rings. The number of para-hydroxylation sites is 1. The number of carbonyl (C=O) groups is 1. The summed E-state index contributed by atoms with van der Waals surface area (Å²) < 4.78 is 49.2. The molecular weight excluding hydrogens is 575 g/mol. The molecule has 1 aliphatic rings. The molecule has 1 saturated carbocycles. The lowest BCUT2D eigenvalue weighted by atomic mass is 9.89. The Morgan fingerprint density at radius 1 is 1.12 bits per heavy atom. The van der Waals surface area contributed by atoms with Crippen LogP contribution in [0.5, 0.6) is 11.5 Å². The van der Waals surface area contributed by atoms with Gasteiger partial charge in [-0.15, -0.1) is 10.1 Å². The molecule has 0 radical (unpaired) electrons. The second kappa shape index (κ2) is 16.1. The van der Waals surface area contributed by atoms with E-state index in [-0.39, 0.29) is 43.5 Å². The van der Waals surface area contributed by atoms with Crippen LogP contribution >= 0.6 is 0 Å². The van der Waals surface area contributed by atoms with Gasteiger partial charge in [-0.2, -0.15) is 13.2 Å². The first-order valence-corrected chi connectivity index (χ1v) is 13.7. The molecule has 0 heterocycles. The molecule has 2 aromatic carbocycles. The number of allylic oxidation sites excluding steroid dienone is 2. The molecule has 43 heavy (non-hydrogen) atoms. The van der Waals surface area contributed by atoms with Crippen molar-refractivity contribution in [3.63, 3.8) is 0 Å². The Kier molecular flexibility index (Phi) is 12.5. The van der Waals surface area contributed by atoms with Gasteiger partial charge in [-0.05, 0) is 49.4 Å². The molecule has 0 bridgehead atoms. The van der Waals surface area contributed by atoms with Gasteiger partial charge in [0.1, 0.15) is 30.8 Å². The molecular formula is C30H34F3NO9. The Morgan fingerprint density at radius 2 is 1.88 bits per heavy atom. The third kappa shape index (κ3) is 11.0. The number of aliphatic hydroxyl groups excluding tert-OH is 3. The molecule has 0 unspecified atom stereocenters. The molecule has 5 atom stereocenters. The molecule has 1 aliphatic carbocycles. The van der Waals surface area contributed by atoms with E-state index in [4.69, 9.17) is 9.47 Å². The fourth-order valence-electron chi connectivity index (χ4n) is 4.72. The number of hydrogen-bond acceptors (Lipinski definition) is 9. The quantitative estimate of drug-likeness (QED) is 0.0647. The van der Waals surface area contributed by atoms with Gasteiger partial charge in [-0.1, -0.05) is 48.6 Å². The van der Waals surface area contributed by atoms with E-state index in [0.29, 0.717) is 24.8 Å². The van der Waals surface area contributed by atoms with Gasteiger partial charge >= 0.3 is 12.1 Å². The highest BCUT2D eigenvalue weighted by Crippen LogP contribution is 2.36. The molecule has 0 spiro atoms. The van der Waals surface area contributed by atoms with Crippen molar-refractivity contribution in [1.29, 1.82) is 0 Å². The lowest BCUT2D eigenvalue weighted by Gasteiger charge is -2.19. The average Bonchev–Trinajstić information content (AvgIpc) is 3.23. The molecule has 0 saturated heterocycles.